The van der Waals surface area contributed by atoms with Crippen LogP contribution < -0.4 is 10.2 Å². The van der Waals surface area contributed by atoms with E-state index in [0.29, 0.717) is 17.1 Å². The van der Waals surface area contributed by atoms with Gasteiger partial charge in [0.2, 0.25) is 0 Å². The zero-order valence-electron chi connectivity index (χ0n) is 11.1. The lowest BCUT2D eigenvalue weighted by Gasteiger charge is -2.33. The molecule has 0 saturated carbocycles. The molecule has 0 atom stereocenters. The molecule has 0 radical (unpaired) electrons. The molecule has 2 aromatic rings. The summed E-state index contributed by atoms with van der Waals surface area (Å²) >= 11 is 3.34. The molecule has 4 nitrogen and oxygen atoms in total. The third-order valence-corrected chi connectivity index (χ3v) is 3.77. The molecule has 1 aromatic heterocycles. The lowest BCUT2D eigenvalue weighted by Crippen LogP contribution is -2.39. The van der Waals surface area contributed by atoms with Gasteiger partial charge in [-0.3, -0.25) is 4.79 Å². The summed E-state index contributed by atoms with van der Waals surface area (Å²) in [6, 6.07) is 7.43. The Labute approximate surface area is 130 Å². The number of benzene rings is 1. The van der Waals surface area contributed by atoms with Crippen LogP contribution in [-0.2, 0) is 0 Å². The number of rotatable bonds is 3. The molecule has 1 N–H and O–H groups in total. The SMILES string of the molecule is O=C(Nc1ccc(F)cc1)c1cc(Br)cnc1N1CCC1. The van der Waals surface area contributed by atoms with Crippen LogP contribution in [-0.4, -0.2) is 24.0 Å². The molecule has 0 unspecified atom stereocenters. The molecule has 21 heavy (non-hydrogen) atoms. The number of carbonyl (C=O) groups excluding carboxylic acids is 1. The van der Waals surface area contributed by atoms with Crippen molar-refractivity contribution in [2.45, 2.75) is 6.42 Å². The van der Waals surface area contributed by atoms with Crippen LogP contribution in [0.5, 0.6) is 0 Å². The van der Waals surface area contributed by atoms with E-state index in [1.807, 2.05) is 0 Å². The first-order valence-corrected chi connectivity index (χ1v) is 7.40. The standard InChI is InChI=1S/C15H13BrFN3O/c16-10-8-13(14(18-9-10)20-6-1-7-20)15(21)19-12-4-2-11(17)3-5-12/h2-5,8-9H,1,6-7H2,(H,19,21). The molecule has 1 aliphatic heterocycles. The molecule has 108 valence electrons. The minimum atomic E-state index is -0.335. The molecule has 3 rings (SSSR count). The van der Waals surface area contributed by atoms with E-state index in [9.17, 15) is 9.18 Å². The van der Waals surface area contributed by atoms with Gasteiger partial charge in [0.05, 0.1) is 5.56 Å². The Balaban J connectivity index is 1.86. The Bertz CT molecular complexity index is 671. The number of amides is 1. The first-order chi connectivity index (χ1) is 10.1. The molecule has 1 aromatic carbocycles. The summed E-state index contributed by atoms with van der Waals surface area (Å²) in [6.07, 6.45) is 2.79. The van der Waals surface area contributed by atoms with Crippen LogP contribution in [0.4, 0.5) is 15.9 Å². The second-order valence-corrected chi connectivity index (χ2v) is 5.74. The molecule has 0 spiro atoms. The fraction of sp³-hybridized carbons (Fsp3) is 0.200. The number of halogens is 2. The summed E-state index contributed by atoms with van der Waals surface area (Å²) in [7, 11) is 0. The van der Waals surface area contributed by atoms with Gasteiger partial charge < -0.3 is 10.2 Å². The highest BCUT2D eigenvalue weighted by atomic mass is 79.9. The summed E-state index contributed by atoms with van der Waals surface area (Å²) in [5.74, 6) is 0.0970. The number of nitrogens with one attached hydrogen (secondary N) is 1. The molecule has 0 aliphatic carbocycles. The van der Waals surface area contributed by atoms with Gasteiger partial charge in [0.25, 0.3) is 5.91 Å². The van der Waals surface area contributed by atoms with Crippen molar-refractivity contribution < 1.29 is 9.18 Å². The lowest BCUT2D eigenvalue weighted by atomic mass is 10.1. The minimum Gasteiger partial charge on any atom is -0.356 e. The van der Waals surface area contributed by atoms with Crippen molar-refractivity contribution in [3.63, 3.8) is 0 Å². The number of hydrogen-bond donors (Lipinski definition) is 1. The molecule has 6 heteroatoms. The molecule has 1 aliphatic rings. The van der Waals surface area contributed by atoms with Crippen molar-refractivity contribution in [3.05, 3.63) is 52.4 Å². The van der Waals surface area contributed by atoms with Gasteiger partial charge in [-0.05, 0) is 52.7 Å². The largest absolute Gasteiger partial charge is 0.356 e. The first kappa shape index (κ1) is 14.0. The summed E-state index contributed by atoms with van der Waals surface area (Å²) < 4.78 is 13.6. The molecular weight excluding hydrogens is 337 g/mol. The molecule has 1 amide bonds. The smallest absolute Gasteiger partial charge is 0.259 e. The fourth-order valence-electron chi connectivity index (χ4n) is 2.11. The predicted molar refractivity (Wildman–Crippen MR) is 83.1 cm³/mol. The van der Waals surface area contributed by atoms with Crippen molar-refractivity contribution in [3.8, 4) is 0 Å². The Hall–Kier alpha value is -1.95. The van der Waals surface area contributed by atoms with Gasteiger partial charge >= 0.3 is 0 Å². The van der Waals surface area contributed by atoms with Crippen molar-refractivity contribution in [2.24, 2.45) is 0 Å². The summed E-state index contributed by atoms with van der Waals surface area (Å²) in [5.41, 5.74) is 1.06. The summed E-state index contributed by atoms with van der Waals surface area (Å²) in [6.45, 7) is 1.82. The average Bonchev–Trinajstić information content (AvgIpc) is 2.41. The van der Waals surface area contributed by atoms with E-state index in [-0.39, 0.29) is 11.7 Å². The van der Waals surface area contributed by atoms with Crippen molar-refractivity contribution in [2.75, 3.05) is 23.3 Å². The second-order valence-electron chi connectivity index (χ2n) is 4.83. The van der Waals surface area contributed by atoms with Gasteiger partial charge in [0, 0.05) is 29.4 Å². The van der Waals surface area contributed by atoms with E-state index in [1.54, 1.807) is 12.3 Å². The highest BCUT2D eigenvalue weighted by molar-refractivity contribution is 9.10. The van der Waals surface area contributed by atoms with Crippen molar-refractivity contribution in [1.29, 1.82) is 0 Å². The van der Waals surface area contributed by atoms with Gasteiger partial charge in [-0.2, -0.15) is 0 Å². The first-order valence-electron chi connectivity index (χ1n) is 6.61. The highest BCUT2D eigenvalue weighted by Crippen LogP contribution is 2.26. The van der Waals surface area contributed by atoms with E-state index in [1.165, 1.54) is 24.3 Å². The average molecular weight is 350 g/mol. The van der Waals surface area contributed by atoms with Gasteiger partial charge in [-0.1, -0.05) is 0 Å². The predicted octanol–water partition coefficient (Wildman–Crippen LogP) is 3.45. The lowest BCUT2D eigenvalue weighted by molar-refractivity contribution is 0.102. The molecule has 1 saturated heterocycles. The van der Waals surface area contributed by atoms with E-state index >= 15 is 0 Å². The normalized spacial score (nSPS) is 13.7. The van der Waals surface area contributed by atoms with E-state index in [0.717, 1.165) is 24.0 Å². The maximum Gasteiger partial charge on any atom is 0.259 e. The number of nitrogens with zero attached hydrogens (tertiary/aromatic N) is 2. The third-order valence-electron chi connectivity index (χ3n) is 3.34. The number of anilines is 2. The molecular formula is C15H13BrFN3O. The maximum absolute atomic E-state index is 12.9. The quantitative estimate of drug-likeness (QED) is 0.922. The Morgan fingerprint density at radius 1 is 1.29 bits per heavy atom. The van der Waals surface area contributed by atoms with Crippen LogP contribution in [0.2, 0.25) is 0 Å². The molecule has 2 heterocycles. The van der Waals surface area contributed by atoms with Crippen LogP contribution >= 0.6 is 15.9 Å². The summed E-state index contributed by atoms with van der Waals surface area (Å²) in [4.78, 5) is 18.8. The van der Waals surface area contributed by atoms with Gasteiger partial charge in [-0.25, -0.2) is 9.37 Å². The zero-order valence-corrected chi connectivity index (χ0v) is 12.7. The Morgan fingerprint density at radius 2 is 2.00 bits per heavy atom. The van der Waals surface area contributed by atoms with Gasteiger partial charge in [0.1, 0.15) is 11.6 Å². The summed E-state index contributed by atoms with van der Waals surface area (Å²) in [5, 5.41) is 2.76. The zero-order chi connectivity index (χ0) is 14.8. The maximum atomic E-state index is 12.9. The number of carbonyl (C=O) groups is 1. The minimum absolute atomic E-state index is 0.252. The molecule has 1 fully saturated rings. The monoisotopic (exact) mass is 349 g/mol. The third kappa shape index (κ3) is 3.05. The van der Waals surface area contributed by atoms with Crippen LogP contribution in [0.3, 0.4) is 0 Å². The molecule has 0 bridgehead atoms. The van der Waals surface area contributed by atoms with Crippen LogP contribution in [0.15, 0.2) is 41.0 Å². The number of hydrogen-bond acceptors (Lipinski definition) is 3. The topological polar surface area (TPSA) is 45.2 Å². The Kier molecular flexibility index (Phi) is 3.88. The van der Waals surface area contributed by atoms with Crippen molar-refractivity contribution >= 4 is 33.3 Å². The Morgan fingerprint density at radius 3 is 2.62 bits per heavy atom. The van der Waals surface area contributed by atoms with Crippen molar-refractivity contribution in [1.82, 2.24) is 4.98 Å². The van der Waals surface area contributed by atoms with E-state index < -0.39 is 0 Å². The van der Waals surface area contributed by atoms with Crippen LogP contribution in [0.25, 0.3) is 0 Å². The number of pyridine rings is 1. The van der Waals surface area contributed by atoms with E-state index in [4.69, 9.17) is 0 Å². The van der Waals surface area contributed by atoms with Crippen LogP contribution in [0.1, 0.15) is 16.8 Å². The van der Waals surface area contributed by atoms with Gasteiger partial charge in [0.15, 0.2) is 0 Å². The fourth-order valence-corrected chi connectivity index (χ4v) is 2.44. The van der Waals surface area contributed by atoms with Gasteiger partial charge in [-0.15, -0.1) is 0 Å². The highest BCUT2D eigenvalue weighted by Gasteiger charge is 2.22. The van der Waals surface area contributed by atoms with E-state index in [2.05, 4.69) is 31.1 Å². The number of aromatic nitrogens is 1. The second kappa shape index (κ2) is 5.81. The van der Waals surface area contributed by atoms with Crippen LogP contribution in [0, 0.1) is 5.82 Å².